The summed E-state index contributed by atoms with van der Waals surface area (Å²) in [6.07, 6.45) is 3.55. The van der Waals surface area contributed by atoms with Crippen molar-refractivity contribution in [1.29, 1.82) is 0 Å². The first-order chi connectivity index (χ1) is 12.6. The van der Waals surface area contributed by atoms with E-state index >= 15 is 0 Å². The first-order valence-corrected chi connectivity index (χ1v) is 9.12. The van der Waals surface area contributed by atoms with E-state index in [0.717, 1.165) is 30.2 Å². The molecule has 136 valence electrons. The van der Waals surface area contributed by atoms with Gasteiger partial charge in [-0.2, -0.15) is 0 Å². The minimum absolute atomic E-state index is 0.307. The minimum Gasteiger partial charge on any atom is -0.549 e. The average molecular weight is 374 g/mol. The molecule has 0 saturated heterocycles. The zero-order valence-electron chi connectivity index (χ0n) is 14.1. The number of hydrogen-bond acceptors (Lipinski definition) is 7. The smallest absolute Gasteiger partial charge is 0.183 e. The molecule has 3 rings (SSSR count). The Morgan fingerprint density at radius 3 is 2.77 bits per heavy atom. The second-order valence-electron chi connectivity index (χ2n) is 5.79. The van der Waals surface area contributed by atoms with Crippen molar-refractivity contribution in [3.63, 3.8) is 0 Å². The Morgan fingerprint density at radius 1 is 1.31 bits per heavy atom. The van der Waals surface area contributed by atoms with Crippen molar-refractivity contribution < 1.29 is 14.3 Å². The van der Waals surface area contributed by atoms with E-state index in [9.17, 15) is 14.3 Å². The monoisotopic (exact) mass is 374 g/mol. The van der Waals surface area contributed by atoms with Crippen molar-refractivity contribution in [3.8, 4) is 0 Å². The van der Waals surface area contributed by atoms with Crippen LogP contribution < -0.4 is 5.11 Å². The topological polar surface area (TPSA) is 96.6 Å². The van der Waals surface area contributed by atoms with Crippen molar-refractivity contribution >= 4 is 28.9 Å². The summed E-state index contributed by atoms with van der Waals surface area (Å²) in [5, 5.41) is 19.3. The van der Waals surface area contributed by atoms with Gasteiger partial charge in [-0.3, -0.25) is 0 Å². The van der Waals surface area contributed by atoms with Crippen LogP contribution >= 0.6 is 11.8 Å². The lowest BCUT2D eigenvalue weighted by Gasteiger charge is -2.16. The number of aliphatic carboxylic acids is 1. The molecule has 1 atom stereocenters. The fourth-order valence-electron chi connectivity index (χ4n) is 2.48. The van der Waals surface area contributed by atoms with Crippen LogP contribution in [0.15, 0.2) is 35.6 Å². The second-order valence-corrected chi connectivity index (χ2v) is 6.98. The van der Waals surface area contributed by atoms with Crippen molar-refractivity contribution in [3.05, 3.63) is 42.0 Å². The molecule has 1 aromatic carbocycles. The number of unbranched alkanes of at least 4 members (excludes halogenated alkanes) is 1. The van der Waals surface area contributed by atoms with Crippen molar-refractivity contribution in [2.45, 2.75) is 43.0 Å². The number of halogens is 1. The quantitative estimate of drug-likeness (QED) is 0.438. The third-order valence-electron chi connectivity index (χ3n) is 3.85. The lowest BCUT2D eigenvalue weighted by atomic mass is 10.2. The zero-order valence-corrected chi connectivity index (χ0v) is 14.9. The number of benzene rings is 1. The molecule has 2 aromatic heterocycles. The standard InChI is InChI=1S/C17H18FN5O2S/c1-2-3-4-13(17(24)25)26-16-14-15(19-10-20-16)23(22-21-14)9-11-5-7-12(18)8-6-11/h5-8,10,13H,2-4,9H2,1H3,(H,24,25)/p-1/t13-/m0/s1. The Morgan fingerprint density at radius 2 is 2.08 bits per heavy atom. The highest BCUT2D eigenvalue weighted by atomic mass is 32.2. The number of aromatic nitrogens is 5. The third kappa shape index (κ3) is 4.16. The van der Waals surface area contributed by atoms with Crippen LogP contribution in [0, 0.1) is 5.82 Å². The average Bonchev–Trinajstić information content (AvgIpc) is 3.04. The third-order valence-corrected chi connectivity index (χ3v) is 5.08. The van der Waals surface area contributed by atoms with E-state index in [1.165, 1.54) is 18.5 Å². The fraction of sp³-hybridized carbons (Fsp3) is 0.353. The molecule has 0 saturated carbocycles. The Bertz CT molecular complexity index is 900. The maximum atomic E-state index is 13.0. The first kappa shape index (κ1) is 18.2. The van der Waals surface area contributed by atoms with Gasteiger partial charge >= 0.3 is 0 Å². The van der Waals surface area contributed by atoms with Gasteiger partial charge in [-0.05, 0) is 24.1 Å². The molecule has 9 heteroatoms. The van der Waals surface area contributed by atoms with Crippen LogP contribution in [-0.2, 0) is 11.3 Å². The maximum Gasteiger partial charge on any atom is 0.183 e. The summed E-state index contributed by atoms with van der Waals surface area (Å²) >= 11 is 1.11. The number of carboxylic acid groups (broad SMARTS) is 1. The summed E-state index contributed by atoms with van der Waals surface area (Å²) in [5.74, 6) is -1.42. The summed E-state index contributed by atoms with van der Waals surface area (Å²) in [6.45, 7) is 2.37. The van der Waals surface area contributed by atoms with Gasteiger partial charge in [-0.15, -0.1) is 5.10 Å². The molecular weight excluding hydrogens is 357 g/mol. The van der Waals surface area contributed by atoms with Gasteiger partial charge in [0.25, 0.3) is 0 Å². The Labute approximate surface area is 153 Å². The molecule has 0 aliphatic heterocycles. The largest absolute Gasteiger partial charge is 0.549 e. The van der Waals surface area contributed by atoms with Gasteiger partial charge in [0, 0.05) is 0 Å². The molecule has 0 aliphatic carbocycles. The second kappa shape index (κ2) is 8.22. The molecule has 7 nitrogen and oxygen atoms in total. The Hall–Kier alpha value is -2.55. The molecule has 0 spiro atoms. The number of carbonyl (C=O) groups excluding carboxylic acids is 1. The van der Waals surface area contributed by atoms with Crippen LogP contribution in [0.3, 0.4) is 0 Å². The summed E-state index contributed by atoms with van der Waals surface area (Å²) in [7, 11) is 0. The van der Waals surface area contributed by atoms with Gasteiger partial charge in [-0.1, -0.05) is 48.9 Å². The normalized spacial score (nSPS) is 12.4. The number of carboxylic acids is 1. The highest BCUT2D eigenvalue weighted by Crippen LogP contribution is 2.29. The van der Waals surface area contributed by atoms with Gasteiger partial charge in [-0.25, -0.2) is 19.0 Å². The van der Waals surface area contributed by atoms with E-state index in [2.05, 4.69) is 20.3 Å². The van der Waals surface area contributed by atoms with E-state index in [-0.39, 0.29) is 5.82 Å². The molecule has 0 radical (unpaired) electrons. The van der Waals surface area contributed by atoms with Crippen LogP contribution in [0.4, 0.5) is 4.39 Å². The van der Waals surface area contributed by atoms with Gasteiger partial charge in [0.2, 0.25) is 0 Å². The summed E-state index contributed by atoms with van der Waals surface area (Å²) in [5.41, 5.74) is 1.79. The van der Waals surface area contributed by atoms with Crippen LogP contribution in [0.5, 0.6) is 0 Å². The van der Waals surface area contributed by atoms with Crippen molar-refractivity contribution in [2.75, 3.05) is 0 Å². The molecule has 0 unspecified atom stereocenters. The Kier molecular flexibility index (Phi) is 5.77. The van der Waals surface area contributed by atoms with E-state index in [0.29, 0.717) is 29.2 Å². The highest BCUT2D eigenvalue weighted by molar-refractivity contribution is 8.00. The number of hydrogen-bond donors (Lipinski definition) is 0. The predicted octanol–water partition coefficient (Wildman–Crippen LogP) is 1.81. The number of rotatable bonds is 8. The van der Waals surface area contributed by atoms with Crippen LogP contribution in [-0.4, -0.2) is 36.2 Å². The van der Waals surface area contributed by atoms with E-state index in [1.54, 1.807) is 16.8 Å². The Balaban J connectivity index is 1.85. The predicted molar refractivity (Wildman–Crippen MR) is 92.8 cm³/mol. The number of thioether (sulfide) groups is 1. The molecule has 0 bridgehead atoms. The summed E-state index contributed by atoms with van der Waals surface area (Å²) in [4.78, 5) is 19.7. The van der Waals surface area contributed by atoms with Crippen molar-refractivity contribution in [2.24, 2.45) is 0 Å². The first-order valence-electron chi connectivity index (χ1n) is 8.24. The van der Waals surface area contributed by atoms with E-state index < -0.39 is 11.2 Å². The molecular formula is C17H17FN5O2S-. The van der Waals surface area contributed by atoms with Gasteiger partial charge in [0.15, 0.2) is 11.2 Å². The van der Waals surface area contributed by atoms with Crippen LogP contribution in [0.25, 0.3) is 11.2 Å². The fourth-order valence-corrected chi connectivity index (χ4v) is 3.48. The van der Waals surface area contributed by atoms with E-state index in [4.69, 9.17) is 0 Å². The number of nitrogens with zero attached hydrogens (tertiary/aromatic N) is 5. The lowest BCUT2D eigenvalue weighted by molar-refractivity contribution is -0.304. The number of fused-ring (bicyclic) bond motifs is 1. The minimum atomic E-state index is -1.12. The molecule has 0 aliphatic rings. The van der Waals surface area contributed by atoms with E-state index in [1.807, 2.05) is 6.92 Å². The molecule has 0 amide bonds. The molecule has 2 heterocycles. The van der Waals surface area contributed by atoms with Gasteiger partial charge < -0.3 is 9.90 Å². The SMILES string of the molecule is CCCC[C@H](Sc1ncnc2c1nnn2Cc1ccc(F)cc1)C(=O)[O-]. The van der Waals surface area contributed by atoms with Gasteiger partial charge in [0.05, 0.1) is 17.8 Å². The zero-order chi connectivity index (χ0) is 18.5. The molecule has 0 N–H and O–H groups in total. The number of carbonyl (C=O) groups is 1. The van der Waals surface area contributed by atoms with Crippen LogP contribution in [0.1, 0.15) is 31.7 Å². The summed E-state index contributed by atoms with van der Waals surface area (Å²) in [6, 6.07) is 6.08. The summed E-state index contributed by atoms with van der Waals surface area (Å²) < 4.78 is 14.6. The molecule has 3 aromatic rings. The lowest BCUT2D eigenvalue weighted by Crippen LogP contribution is -2.33. The van der Waals surface area contributed by atoms with Gasteiger partial charge in [0.1, 0.15) is 17.2 Å². The van der Waals surface area contributed by atoms with Crippen molar-refractivity contribution in [1.82, 2.24) is 25.0 Å². The molecule has 26 heavy (non-hydrogen) atoms. The molecule has 0 fully saturated rings. The van der Waals surface area contributed by atoms with Crippen LogP contribution in [0.2, 0.25) is 0 Å². The maximum absolute atomic E-state index is 13.0. The highest BCUT2D eigenvalue weighted by Gasteiger charge is 2.18.